The number of benzene rings is 2. The second-order valence-corrected chi connectivity index (χ2v) is 5.86. The molecule has 0 saturated carbocycles. The second-order valence-electron chi connectivity index (χ2n) is 5.42. The van der Waals surface area contributed by atoms with Crippen LogP contribution in [-0.2, 0) is 18.2 Å². The number of hydrogen-bond donors (Lipinski definition) is 0. The first-order chi connectivity index (χ1) is 11.5. The Hall–Kier alpha value is -2.66. The molecule has 0 aliphatic heterocycles. The summed E-state index contributed by atoms with van der Waals surface area (Å²) in [5.74, 6) is 0.260. The minimum atomic E-state index is -0.380. The Morgan fingerprint density at radius 2 is 1.92 bits per heavy atom. The Morgan fingerprint density at radius 3 is 2.58 bits per heavy atom. The van der Waals surface area contributed by atoms with Gasteiger partial charge in [-0.15, -0.1) is 0 Å². The SMILES string of the molecule is COC(=O)c1ccc(Cc2nc3ccc(Cl)cc3c(=O)n2C)cc1. The molecule has 122 valence electrons. The van der Waals surface area contributed by atoms with Gasteiger partial charge in [0, 0.05) is 18.5 Å². The van der Waals surface area contributed by atoms with Crippen LogP contribution in [0.1, 0.15) is 21.7 Å². The van der Waals surface area contributed by atoms with Gasteiger partial charge in [-0.2, -0.15) is 0 Å². The van der Waals surface area contributed by atoms with E-state index in [-0.39, 0.29) is 11.5 Å². The van der Waals surface area contributed by atoms with E-state index >= 15 is 0 Å². The van der Waals surface area contributed by atoms with Gasteiger partial charge in [-0.1, -0.05) is 23.7 Å². The van der Waals surface area contributed by atoms with E-state index in [2.05, 4.69) is 9.72 Å². The van der Waals surface area contributed by atoms with Crippen molar-refractivity contribution < 1.29 is 9.53 Å². The highest BCUT2D eigenvalue weighted by Crippen LogP contribution is 2.16. The molecule has 1 aromatic heterocycles. The van der Waals surface area contributed by atoms with Crippen LogP contribution in [0.5, 0.6) is 0 Å². The van der Waals surface area contributed by atoms with Crippen LogP contribution in [0.4, 0.5) is 0 Å². The molecule has 5 nitrogen and oxygen atoms in total. The standard InChI is InChI=1S/C18H15ClN2O3/c1-21-16(9-11-3-5-12(6-4-11)18(23)24-2)20-15-8-7-13(19)10-14(15)17(21)22/h3-8,10H,9H2,1-2H3. The van der Waals surface area contributed by atoms with E-state index < -0.39 is 0 Å². The van der Waals surface area contributed by atoms with Crippen molar-refractivity contribution in [1.82, 2.24) is 9.55 Å². The quantitative estimate of drug-likeness (QED) is 0.686. The van der Waals surface area contributed by atoms with E-state index in [0.717, 1.165) is 5.56 Å². The maximum Gasteiger partial charge on any atom is 0.337 e. The lowest BCUT2D eigenvalue weighted by molar-refractivity contribution is 0.0600. The number of aromatic nitrogens is 2. The molecule has 0 aliphatic rings. The van der Waals surface area contributed by atoms with Gasteiger partial charge in [0.15, 0.2) is 0 Å². The van der Waals surface area contributed by atoms with E-state index in [1.165, 1.54) is 11.7 Å². The molecule has 0 amide bonds. The Bertz CT molecular complexity index is 978. The predicted molar refractivity (Wildman–Crippen MR) is 92.6 cm³/mol. The van der Waals surface area contributed by atoms with Gasteiger partial charge in [-0.05, 0) is 35.9 Å². The van der Waals surface area contributed by atoms with Crippen molar-refractivity contribution in [1.29, 1.82) is 0 Å². The van der Waals surface area contributed by atoms with Gasteiger partial charge in [-0.25, -0.2) is 9.78 Å². The number of nitrogens with zero attached hydrogens (tertiary/aromatic N) is 2. The van der Waals surface area contributed by atoms with Crippen LogP contribution in [0.3, 0.4) is 0 Å². The number of halogens is 1. The van der Waals surface area contributed by atoms with Crippen LogP contribution in [0.25, 0.3) is 10.9 Å². The molecular weight excluding hydrogens is 328 g/mol. The van der Waals surface area contributed by atoms with Crippen LogP contribution in [-0.4, -0.2) is 22.6 Å². The molecule has 0 atom stereocenters. The van der Waals surface area contributed by atoms with Crippen molar-refractivity contribution in [3.63, 3.8) is 0 Å². The summed E-state index contributed by atoms with van der Waals surface area (Å²) >= 11 is 5.95. The Morgan fingerprint density at radius 1 is 1.21 bits per heavy atom. The Balaban J connectivity index is 1.98. The first-order valence-corrected chi connectivity index (χ1v) is 7.70. The predicted octanol–water partition coefficient (Wildman–Crippen LogP) is 2.96. The molecule has 0 radical (unpaired) electrons. The number of methoxy groups -OCH3 is 1. The number of esters is 1. The summed E-state index contributed by atoms with van der Waals surface area (Å²) in [6, 6.07) is 12.1. The molecule has 0 bridgehead atoms. The van der Waals surface area contributed by atoms with Crippen LogP contribution in [0, 0.1) is 0 Å². The molecule has 24 heavy (non-hydrogen) atoms. The fourth-order valence-electron chi connectivity index (χ4n) is 2.51. The molecule has 3 rings (SSSR count). The van der Waals surface area contributed by atoms with E-state index in [1.807, 2.05) is 12.1 Å². The fraction of sp³-hybridized carbons (Fsp3) is 0.167. The van der Waals surface area contributed by atoms with Crippen LogP contribution in [0.15, 0.2) is 47.3 Å². The van der Waals surface area contributed by atoms with Gasteiger partial charge >= 0.3 is 5.97 Å². The minimum Gasteiger partial charge on any atom is -0.465 e. The van der Waals surface area contributed by atoms with Crippen LogP contribution < -0.4 is 5.56 Å². The Labute approximate surface area is 143 Å². The lowest BCUT2D eigenvalue weighted by atomic mass is 10.1. The molecule has 0 N–H and O–H groups in total. The third-order valence-electron chi connectivity index (χ3n) is 3.87. The highest BCUT2D eigenvalue weighted by atomic mass is 35.5. The molecule has 0 spiro atoms. The summed E-state index contributed by atoms with van der Waals surface area (Å²) in [7, 11) is 3.03. The monoisotopic (exact) mass is 342 g/mol. The summed E-state index contributed by atoms with van der Waals surface area (Å²) < 4.78 is 6.20. The number of carbonyl (C=O) groups excluding carboxylic acids is 1. The third-order valence-corrected chi connectivity index (χ3v) is 4.10. The zero-order chi connectivity index (χ0) is 17.3. The molecule has 0 fully saturated rings. The largest absolute Gasteiger partial charge is 0.465 e. The van der Waals surface area contributed by atoms with Gasteiger partial charge < -0.3 is 4.74 Å². The van der Waals surface area contributed by atoms with Crippen LogP contribution in [0.2, 0.25) is 5.02 Å². The summed E-state index contributed by atoms with van der Waals surface area (Å²) in [5, 5.41) is 1.00. The number of carbonyl (C=O) groups is 1. The fourth-order valence-corrected chi connectivity index (χ4v) is 2.68. The molecule has 0 aliphatic carbocycles. The topological polar surface area (TPSA) is 61.2 Å². The van der Waals surface area contributed by atoms with E-state index in [9.17, 15) is 9.59 Å². The van der Waals surface area contributed by atoms with Gasteiger partial charge in [0.25, 0.3) is 5.56 Å². The lowest BCUT2D eigenvalue weighted by Crippen LogP contribution is -2.22. The van der Waals surface area contributed by atoms with Crippen molar-refractivity contribution in [2.75, 3.05) is 7.11 Å². The van der Waals surface area contributed by atoms with Crippen molar-refractivity contribution in [3.8, 4) is 0 Å². The zero-order valence-electron chi connectivity index (χ0n) is 13.2. The molecule has 0 saturated heterocycles. The summed E-state index contributed by atoms with van der Waals surface area (Å²) in [6.45, 7) is 0. The van der Waals surface area contributed by atoms with Gasteiger partial charge in [0.2, 0.25) is 0 Å². The number of fused-ring (bicyclic) bond motifs is 1. The molecule has 0 unspecified atom stereocenters. The van der Waals surface area contributed by atoms with Crippen molar-refractivity contribution >= 4 is 28.5 Å². The Kier molecular flexibility index (Phi) is 4.36. The van der Waals surface area contributed by atoms with Crippen molar-refractivity contribution in [2.45, 2.75) is 6.42 Å². The van der Waals surface area contributed by atoms with Gasteiger partial charge in [0.05, 0.1) is 23.6 Å². The average Bonchev–Trinajstić information content (AvgIpc) is 2.60. The highest BCUT2D eigenvalue weighted by Gasteiger charge is 2.10. The zero-order valence-corrected chi connectivity index (χ0v) is 14.0. The van der Waals surface area contributed by atoms with Crippen molar-refractivity contribution in [2.24, 2.45) is 7.05 Å². The molecule has 6 heteroatoms. The third kappa shape index (κ3) is 3.03. The average molecular weight is 343 g/mol. The van der Waals surface area contributed by atoms with E-state index in [0.29, 0.717) is 33.7 Å². The second kappa shape index (κ2) is 6.45. The smallest absolute Gasteiger partial charge is 0.337 e. The number of rotatable bonds is 3. The summed E-state index contributed by atoms with van der Waals surface area (Å²) in [6.07, 6.45) is 0.478. The highest BCUT2D eigenvalue weighted by molar-refractivity contribution is 6.31. The first kappa shape index (κ1) is 16.2. The number of hydrogen-bond acceptors (Lipinski definition) is 4. The van der Waals surface area contributed by atoms with Gasteiger partial charge in [0.1, 0.15) is 5.82 Å². The van der Waals surface area contributed by atoms with Crippen LogP contribution >= 0.6 is 11.6 Å². The maximum atomic E-state index is 12.5. The summed E-state index contributed by atoms with van der Waals surface area (Å²) in [5.41, 5.74) is 1.90. The molecular formula is C18H15ClN2O3. The normalized spacial score (nSPS) is 10.8. The molecule has 1 heterocycles. The van der Waals surface area contributed by atoms with E-state index in [1.54, 1.807) is 37.4 Å². The molecule has 2 aromatic carbocycles. The summed E-state index contributed by atoms with van der Waals surface area (Å²) in [4.78, 5) is 28.5. The minimum absolute atomic E-state index is 0.135. The maximum absolute atomic E-state index is 12.5. The van der Waals surface area contributed by atoms with E-state index in [4.69, 9.17) is 11.6 Å². The molecule has 3 aromatic rings. The first-order valence-electron chi connectivity index (χ1n) is 7.32. The lowest BCUT2D eigenvalue weighted by Gasteiger charge is -2.10. The van der Waals surface area contributed by atoms with Gasteiger partial charge in [-0.3, -0.25) is 9.36 Å². The number of ether oxygens (including phenoxy) is 1. The van der Waals surface area contributed by atoms with Crippen molar-refractivity contribution in [3.05, 3.63) is 74.8 Å².